The molecule has 0 unspecified atom stereocenters. The molecule has 0 fully saturated rings. The number of nitrogens with zero attached hydrogens (tertiary/aromatic N) is 1. The molecule has 8 heteroatoms. The highest BCUT2D eigenvalue weighted by Crippen LogP contribution is 2.25. The van der Waals surface area contributed by atoms with Crippen molar-refractivity contribution in [1.82, 2.24) is 4.72 Å². The number of hydrogen-bond donors (Lipinski definition) is 2. The van der Waals surface area contributed by atoms with Crippen LogP contribution in [0.15, 0.2) is 47.4 Å². The number of rotatable bonds is 6. The van der Waals surface area contributed by atoms with Crippen molar-refractivity contribution in [3.05, 3.63) is 53.6 Å². The number of carbonyl (C=O) groups is 1. The Morgan fingerprint density at radius 3 is 2.64 bits per heavy atom. The molecule has 2 aromatic carbocycles. The molecule has 0 bridgehead atoms. The van der Waals surface area contributed by atoms with Gasteiger partial charge in [0, 0.05) is 0 Å². The maximum atomic E-state index is 12.3. The summed E-state index contributed by atoms with van der Waals surface area (Å²) >= 11 is 0. The molecule has 130 valence electrons. The molecule has 0 atom stereocenters. The number of sulfonamides is 1. The summed E-state index contributed by atoms with van der Waals surface area (Å²) in [6, 6.07) is 12.8. The number of nitriles is 1. The lowest BCUT2D eigenvalue weighted by molar-refractivity contribution is -0.115. The van der Waals surface area contributed by atoms with Crippen LogP contribution in [0, 0.1) is 18.3 Å². The third kappa shape index (κ3) is 4.56. The van der Waals surface area contributed by atoms with Crippen LogP contribution in [0.4, 0.5) is 5.69 Å². The molecule has 0 aliphatic heterocycles. The Morgan fingerprint density at radius 2 is 1.96 bits per heavy atom. The highest BCUT2D eigenvalue weighted by molar-refractivity contribution is 7.89. The third-order valence-electron chi connectivity index (χ3n) is 3.35. The van der Waals surface area contributed by atoms with Crippen molar-refractivity contribution < 1.29 is 17.9 Å². The number of carbonyl (C=O) groups excluding carboxylic acids is 1. The van der Waals surface area contributed by atoms with Gasteiger partial charge >= 0.3 is 0 Å². The van der Waals surface area contributed by atoms with Gasteiger partial charge in [-0.05, 0) is 36.8 Å². The summed E-state index contributed by atoms with van der Waals surface area (Å²) in [6.45, 7) is 1.38. The van der Waals surface area contributed by atoms with E-state index in [1.807, 2.05) is 19.1 Å². The van der Waals surface area contributed by atoms with Crippen molar-refractivity contribution in [2.45, 2.75) is 11.8 Å². The van der Waals surface area contributed by atoms with E-state index in [1.165, 1.54) is 25.3 Å². The van der Waals surface area contributed by atoms with E-state index in [0.29, 0.717) is 11.4 Å². The fourth-order valence-corrected chi connectivity index (χ4v) is 3.28. The predicted molar refractivity (Wildman–Crippen MR) is 92.7 cm³/mol. The maximum Gasteiger partial charge on any atom is 0.242 e. The molecular weight excluding hydrogens is 342 g/mol. The average Bonchev–Trinajstić information content (AvgIpc) is 2.60. The number of amides is 1. The van der Waals surface area contributed by atoms with Crippen LogP contribution in [-0.2, 0) is 14.8 Å². The van der Waals surface area contributed by atoms with Crippen LogP contribution in [-0.4, -0.2) is 28.0 Å². The number of anilines is 1. The van der Waals surface area contributed by atoms with Crippen LogP contribution in [0.5, 0.6) is 5.75 Å². The van der Waals surface area contributed by atoms with Gasteiger partial charge in [-0.2, -0.15) is 5.26 Å². The van der Waals surface area contributed by atoms with Crippen LogP contribution >= 0.6 is 0 Å². The Kier molecular flexibility index (Phi) is 5.75. The average molecular weight is 359 g/mol. The largest absolute Gasteiger partial charge is 0.495 e. The maximum absolute atomic E-state index is 12.3. The van der Waals surface area contributed by atoms with E-state index in [-0.39, 0.29) is 10.5 Å². The van der Waals surface area contributed by atoms with Crippen molar-refractivity contribution in [3.8, 4) is 11.8 Å². The minimum atomic E-state index is -3.98. The number of hydrogen-bond acceptors (Lipinski definition) is 5. The molecule has 0 saturated heterocycles. The minimum absolute atomic E-state index is 0.00996. The first kappa shape index (κ1) is 18.4. The topological polar surface area (TPSA) is 108 Å². The first-order valence-electron chi connectivity index (χ1n) is 7.30. The lowest BCUT2D eigenvalue weighted by Gasteiger charge is -2.12. The zero-order chi connectivity index (χ0) is 18.4. The van der Waals surface area contributed by atoms with Gasteiger partial charge in [-0.1, -0.05) is 18.2 Å². The van der Waals surface area contributed by atoms with E-state index in [9.17, 15) is 13.2 Å². The van der Waals surface area contributed by atoms with Gasteiger partial charge in [0.2, 0.25) is 15.9 Å². The van der Waals surface area contributed by atoms with Gasteiger partial charge in [-0.25, -0.2) is 13.1 Å². The summed E-state index contributed by atoms with van der Waals surface area (Å²) in [4.78, 5) is 11.9. The second-order valence-electron chi connectivity index (χ2n) is 5.18. The van der Waals surface area contributed by atoms with Gasteiger partial charge in [0.25, 0.3) is 0 Å². The fraction of sp³-hybridized carbons (Fsp3) is 0.176. The second-order valence-corrected chi connectivity index (χ2v) is 6.92. The van der Waals surface area contributed by atoms with Crippen molar-refractivity contribution in [1.29, 1.82) is 5.26 Å². The molecule has 0 aliphatic rings. The van der Waals surface area contributed by atoms with Crippen molar-refractivity contribution >= 4 is 21.6 Å². The van der Waals surface area contributed by atoms with Gasteiger partial charge in [0.05, 0.1) is 29.8 Å². The number of methoxy groups -OCH3 is 1. The molecule has 0 heterocycles. The lowest BCUT2D eigenvalue weighted by atomic mass is 10.2. The van der Waals surface area contributed by atoms with Crippen LogP contribution < -0.4 is 14.8 Å². The summed E-state index contributed by atoms with van der Waals surface area (Å²) < 4.78 is 31.9. The molecule has 0 radical (unpaired) electrons. The van der Waals surface area contributed by atoms with E-state index >= 15 is 0 Å². The van der Waals surface area contributed by atoms with Gasteiger partial charge in [0.15, 0.2) is 0 Å². The predicted octanol–water partition coefficient (Wildman–Crippen LogP) is 1.79. The van der Waals surface area contributed by atoms with Crippen LogP contribution in [0.1, 0.15) is 11.1 Å². The van der Waals surface area contributed by atoms with E-state index in [1.54, 1.807) is 18.2 Å². The molecule has 2 rings (SSSR count). The van der Waals surface area contributed by atoms with Crippen molar-refractivity contribution in [3.63, 3.8) is 0 Å². The van der Waals surface area contributed by atoms with Crippen molar-refractivity contribution in [2.75, 3.05) is 19.0 Å². The molecular formula is C17H17N3O4S. The fourth-order valence-electron chi connectivity index (χ4n) is 2.15. The Labute approximate surface area is 146 Å². The summed E-state index contributed by atoms with van der Waals surface area (Å²) in [5, 5.41) is 11.6. The molecule has 0 aliphatic carbocycles. The van der Waals surface area contributed by atoms with E-state index in [0.717, 1.165) is 5.56 Å². The van der Waals surface area contributed by atoms with Crippen LogP contribution in [0.2, 0.25) is 0 Å². The number of benzene rings is 2. The van der Waals surface area contributed by atoms with E-state index in [2.05, 4.69) is 10.0 Å². The second kappa shape index (κ2) is 7.79. The Morgan fingerprint density at radius 1 is 1.24 bits per heavy atom. The molecule has 1 amide bonds. The summed E-state index contributed by atoms with van der Waals surface area (Å²) in [7, 11) is -2.50. The van der Waals surface area contributed by atoms with Crippen LogP contribution in [0.3, 0.4) is 0 Å². The van der Waals surface area contributed by atoms with E-state index in [4.69, 9.17) is 10.00 Å². The molecule has 7 nitrogen and oxygen atoms in total. The standard InChI is InChI=1S/C17H17N3O4S/c1-12-7-8-15(24-2)14(9-12)20-17(21)11-19-25(22,23)16-6-4-3-5-13(16)10-18/h3-9,19H,11H2,1-2H3,(H,20,21). The zero-order valence-corrected chi connectivity index (χ0v) is 14.6. The Hall–Kier alpha value is -2.89. The molecule has 0 spiro atoms. The normalized spacial score (nSPS) is 10.8. The molecule has 2 N–H and O–H groups in total. The molecule has 0 aromatic heterocycles. The number of nitrogens with one attached hydrogen (secondary N) is 2. The summed E-state index contributed by atoms with van der Waals surface area (Å²) in [6.07, 6.45) is 0. The Balaban J connectivity index is 2.10. The molecule has 0 saturated carbocycles. The highest BCUT2D eigenvalue weighted by atomic mass is 32.2. The summed E-state index contributed by atoms with van der Waals surface area (Å²) in [5.41, 5.74) is 1.37. The van der Waals surface area contributed by atoms with Gasteiger partial charge in [0.1, 0.15) is 11.8 Å². The van der Waals surface area contributed by atoms with Gasteiger partial charge in [-0.15, -0.1) is 0 Å². The van der Waals surface area contributed by atoms with Crippen LogP contribution in [0.25, 0.3) is 0 Å². The minimum Gasteiger partial charge on any atom is -0.495 e. The van der Waals surface area contributed by atoms with Gasteiger partial charge < -0.3 is 10.1 Å². The first-order chi connectivity index (χ1) is 11.9. The lowest BCUT2D eigenvalue weighted by Crippen LogP contribution is -2.33. The van der Waals surface area contributed by atoms with E-state index < -0.39 is 22.5 Å². The number of ether oxygens (including phenoxy) is 1. The molecule has 25 heavy (non-hydrogen) atoms. The van der Waals surface area contributed by atoms with Crippen molar-refractivity contribution in [2.24, 2.45) is 0 Å². The summed E-state index contributed by atoms with van der Waals surface area (Å²) in [5.74, 6) is -0.0847. The zero-order valence-electron chi connectivity index (χ0n) is 13.7. The Bertz CT molecular complexity index is 933. The SMILES string of the molecule is COc1ccc(C)cc1NC(=O)CNS(=O)(=O)c1ccccc1C#N. The first-order valence-corrected chi connectivity index (χ1v) is 8.79. The van der Waals surface area contributed by atoms with Gasteiger partial charge in [-0.3, -0.25) is 4.79 Å². The molecule has 2 aromatic rings. The monoisotopic (exact) mass is 359 g/mol. The quantitative estimate of drug-likeness (QED) is 0.817. The third-order valence-corrected chi connectivity index (χ3v) is 4.81. The number of aryl methyl sites for hydroxylation is 1. The smallest absolute Gasteiger partial charge is 0.242 e. The highest BCUT2D eigenvalue weighted by Gasteiger charge is 2.19.